The Balaban J connectivity index is 0.00000392. The van der Waals surface area contributed by atoms with Gasteiger partial charge >= 0.3 is 0 Å². The van der Waals surface area contributed by atoms with E-state index >= 15 is 0 Å². The molecule has 0 saturated carbocycles. The number of benzene rings is 1. The van der Waals surface area contributed by atoms with Gasteiger partial charge in [-0.15, -0.1) is 34.2 Å². The molecular formula is C19H31IN6O2. The number of ether oxygens (including phenoxy) is 2. The summed E-state index contributed by atoms with van der Waals surface area (Å²) in [6.07, 6.45) is 1.75. The van der Waals surface area contributed by atoms with Gasteiger partial charge in [-0.25, -0.2) is 4.99 Å². The minimum absolute atomic E-state index is 0. The topological polar surface area (TPSA) is 85.6 Å². The van der Waals surface area contributed by atoms with Gasteiger partial charge in [0.2, 0.25) is 0 Å². The summed E-state index contributed by atoms with van der Waals surface area (Å²) in [6, 6.07) is 8.05. The van der Waals surface area contributed by atoms with Crippen LogP contribution in [-0.4, -0.2) is 54.6 Å². The minimum atomic E-state index is 0. The van der Waals surface area contributed by atoms with E-state index in [-0.39, 0.29) is 24.0 Å². The number of para-hydroxylation sites is 1. The van der Waals surface area contributed by atoms with Gasteiger partial charge < -0.3 is 24.7 Å². The molecule has 0 fully saturated rings. The fourth-order valence-corrected chi connectivity index (χ4v) is 2.56. The summed E-state index contributed by atoms with van der Waals surface area (Å²) in [5.74, 6) is 3.36. The van der Waals surface area contributed by atoms with Gasteiger partial charge in [-0.1, -0.05) is 18.2 Å². The first-order chi connectivity index (χ1) is 13.2. The molecule has 0 saturated heterocycles. The van der Waals surface area contributed by atoms with Crippen LogP contribution in [0.1, 0.15) is 23.6 Å². The van der Waals surface area contributed by atoms with E-state index in [1.54, 1.807) is 14.2 Å². The predicted octanol–water partition coefficient (Wildman–Crippen LogP) is 2.06. The molecule has 0 aliphatic rings. The van der Waals surface area contributed by atoms with Crippen molar-refractivity contribution in [1.82, 2.24) is 25.4 Å². The Morgan fingerprint density at radius 3 is 2.57 bits per heavy atom. The van der Waals surface area contributed by atoms with E-state index in [1.807, 2.05) is 36.7 Å². The van der Waals surface area contributed by atoms with E-state index in [0.717, 1.165) is 54.9 Å². The fraction of sp³-hybridized carbons (Fsp3) is 0.526. The number of nitrogens with one attached hydrogen (secondary N) is 2. The highest BCUT2D eigenvalue weighted by atomic mass is 127. The van der Waals surface area contributed by atoms with Crippen LogP contribution in [0.15, 0.2) is 29.3 Å². The van der Waals surface area contributed by atoms with Crippen LogP contribution in [0.4, 0.5) is 0 Å². The largest absolute Gasteiger partial charge is 0.496 e. The molecule has 1 aromatic carbocycles. The van der Waals surface area contributed by atoms with Crippen molar-refractivity contribution in [3.63, 3.8) is 0 Å². The smallest absolute Gasteiger partial charge is 0.191 e. The minimum Gasteiger partial charge on any atom is -0.496 e. The van der Waals surface area contributed by atoms with Crippen molar-refractivity contribution in [2.45, 2.75) is 26.3 Å². The quantitative estimate of drug-likeness (QED) is 0.224. The van der Waals surface area contributed by atoms with Crippen LogP contribution in [0.25, 0.3) is 0 Å². The Hall–Kier alpha value is -1.88. The molecule has 28 heavy (non-hydrogen) atoms. The van der Waals surface area contributed by atoms with Gasteiger partial charge in [0.15, 0.2) is 11.8 Å². The summed E-state index contributed by atoms with van der Waals surface area (Å²) in [5.41, 5.74) is 1.16. The van der Waals surface area contributed by atoms with Gasteiger partial charge in [0.05, 0.1) is 7.11 Å². The molecule has 8 nitrogen and oxygen atoms in total. The number of aromatic nitrogens is 3. The third-order valence-electron chi connectivity index (χ3n) is 4.26. The van der Waals surface area contributed by atoms with Crippen LogP contribution in [0.3, 0.4) is 0 Å². The highest BCUT2D eigenvalue weighted by molar-refractivity contribution is 14.0. The van der Waals surface area contributed by atoms with Gasteiger partial charge in [-0.3, -0.25) is 0 Å². The molecule has 0 aliphatic heterocycles. The van der Waals surface area contributed by atoms with E-state index in [1.165, 1.54) is 0 Å². The van der Waals surface area contributed by atoms with Crippen molar-refractivity contribution in [1.29, 1.82) is 0 Å². The molecular weight excluding hydrogens is 471 g/mol. The Kier molecular flexibility index (Phi) is 11.5. The maximum Gasteiger partial charge on any atom is 0.191 e. The Labute approximate surface area is 184 Å². The second-order valence-corrected chi connectivity index (χ2v) is 6.15. The zero-order valence-corrected chi connectivity index (χ0v) is 19.4. The van der Waals surface area contributed by atoms with Crippen molar-refractivity contribution in [3.8, 4) is 5.75 Å². The standard InChI is InChI=1S/C19H30N6O2.HI/c1-15-23-24-18(25(15)2)14-22-19(20-11-7-13-26-3)21-12-10-16-8-5-6-9-17(16)27-4;/h5-6,8-9H,7,10-14H2,1-4H3,(H2,20,21,22);1H. The summed E-state index contributed by atoms with van der Waals surface area (Å²) in [7, 11) is 5.34. The molecule has 0 bridgehead atoms. The lowest BCUT2D eigenvalue weighted by Gasteiger charge is -2.13. The second kappa shape index (κ2) is 13.3. The molecule has 9 heteroatoms. The van der Waals surface area contributed by atoms with E-state index in [9.17, 15) is 0 Å². The summed E-state index contributed by atoms with van der Waals surface area (Å²) in [5, 5.41) is 14.9. The number of hydrogen-bond donors (Lipinski definition) is 2. The van der Waals surface area contributed by atoms with Gasteiger partial charge in [0.1, 0.15) is 18.1 Å². The van der Waals surface area contributed by atoms with Crippen molar-refractivity contribution in [2.24, 2.45) is 12.0 Å². The van der Waals surface area contributed by atoms with E-state index in [0.29, 0.717) is 13.2 Å². The van der Waals surface area contributed by atoms with Crippen LogP contribution < -0.4 is 15.4 Å². The zero-order chi connectivity index (χ0) is 19.5. The summed E-state index contributed by atoms with van der Waals surface area (Å²) in [6.45, 7) is 4.63. The molecule has 1 heterocycles. The Morgan fingerprint density at radius 2 is 1.89 bits per heavy atom. The molecule has 0 radical (unpaired) electrons. The number of methoxy groups -OCH3 is 2. The first kappa shape index (κ1) is 24.2. The van der Waals surface area contributed by atoms with Crippen LogP contribution in [-0.2, 0) is 24.8 Å². The first-order valence-electron chi connectivity index (χ1n) is 9.13. The number of nitrogens with zero attached hydrogens (tertiary/aromatic N) is 4. The molecule has 1 aromatic heterocycles. The molecule has 0 aliphatic carbocycles. The number of aryl methyl sites for hydroxylation is 1. The Bertz CT molecular complexity index is 735. The Morgan fingerprint density at radius 1 is 1.14 bits per heavy atom. The molecule has 0 atom stereocenters. The second-order valence-electron chi connectivity index (χ2n) is 6.15. The highest BCUT2D eigenvalue weighted by Crippen LogP contribution is 2.17. The van der Waals surface area contributed by atoms with Gasteiger partial charge in [0.25, 0.3) is 0 Å². The first-order valence-corrected chi connectivity index (χ1v) is 9.13. The van der Waals surface area contributed by atoms with Gasteiger partial charge in [-0.05, 0) is 31.4 Å². The normalized spacial score (nSPS) is 11.1. The van der Waals surface area contributed by atoms with Crippen molar-refractivity contribution >= 4 is 29.9 Å². The number of rotatable bonds is 10. The zero-order valence-electron chi connectivity index (χ0n) is 17.1. The molecule has 156 valence electrons. The summed E-state index contributed by atoms with van der Waals surface area (Å²) in [4.78, 5) is 4.64. The average molecular weight is 502 g/mol. The van der Waals surface area contributed by atoms with Crippen LogP contribution in [0, 0.1) is 6.92 Å². The van der Waals surface area contributed by atoms with Gasteiger partial charge in [-0.2, -0.15) is 0 Å². The van der Waals surface area contributed by atoms with E-state index in [4.69, 9.17) is 9.47 Å². The number of halogens is 1. The lowest BCUT2D eigenvalue weighted by Crippen LogP contribution is -2.39. The summed E-state index contributed by atoms with van der Waals surface area (Å²) < 4.78 is 12.5. The molecule has 2 aromatic rings. The van der Waals surface area contributed by atoms with Crippen molar-refractivity contribution in [3.05, 3.63) is 41.5 Å². The number of aliphatic imine (C=N–C) groups is 1. The highest BCUT2D eigenvalue weighted by Gasteiger charge is 2.06. The van der Waals surface area contributed by atoms with Crippen LogP contribution in [0.2, 0.25) is 0 Å². The van der Waals surface area contributed by atoms with E-state index in [2.05, 4.69) is 31.9 Å². The molecule has 0 unspecified atom stereocenters. The molecule has 2 N–H and O–H groups in total. The maximum atomic E-state index is 5.41. The van der Waals surface area contributed by atoms with Crippen LogP contribution >= 0.6 is 24.0 Å². The number of hydrogen-bond acceptors (Lipinski definition) is 5. The van der Waals surface area contributed by atoms with Gasteiger partial charge in [0, 0.05) is 33.9 Å². The fourth-order valence-electron chi connectivity index (χ4n) is 2.56. The molecule has 0 amide bonds. The maximum absolute atomic E-state index is 5.41. The molecule has 2 rings (SSSR count). The van der Waals surface area contributed by atoms with Crippen molar-refractivity contribution in [2.75, 3.05) is 33.9 Å². The monoisotopic (exact) mass is 502 g/mol. The van der Waals surface area contributed by atoms with Crippen LogP contribution in [0.5, 0.6) is 5.75 Å². The third kappa shape index (κ3) is 7.63. The number of guanidine groups is 1. The lowest BCUT2D eigenvalue weighted by molar-refractivity contribution is 0.195. The average Bonchev–Trinajstić information content (AvgIpc) is 3.01. The summed E-state index contributed by atoms with van der Waals surface area (Å²) >= 11 is 0. The lowest BCUT2D eigenvalue weighted by atomic mass is 10.1. The van der Waals surface area contributed by atoms with E-state index < -0.39 is 0 Å². The van der Waals surface area contributed by atoms with Crippen molar-refractivity contribution < 1.29 is 9.47 Å². The SMILES string of the molecule is COCCCNC(=NCc1nnc(C)n1C)NCCc1ccccc1OC.I. The third-order valence-corrected chi connectivity index (χ3v) is 4.26. The predicted molar refractivity (Wildman–Crippen MR) is 121 cm³/mol. The molecule has 0 spiro atoms.